The standard InChI is InChI=1S/C17H15BrFNO2/c18-12-3-1-11(2-4-12)17(9-15(21)10-17)16(22)20-14-7-5-13(19)6-8-14/h1-8,15,21H,9-10H2,(H,20,22)/t15-,17+. The van der Waals surface area contributed by atoms with Crippen LogP contribution in [-0.2, 0) is 10.2 Å². The highest BCUT2D eigenvalue weighted by molar-refractivity contribution is 9.10. The minimum atomic E-state index is -0.728. The smallest absolute Gasteiger partial charge is 0.235 e. The van der Waals surface area contributed by atoms with E-state index in [4.69, 9.17) is 0 Å². The van der Waals surface area contributed by atoms with Crippen LogP contribution in [0.3, 0.4) is 0 Å². The topological polar surface area (TPSA) is 49.3 Å². The average molecular weight is 364 g/mol. The van der Waals surface area contributed by atoms with Gasteiger partial charge in [0.05, 0.1) is 11.5 Å². The van der Waals surface area contributed by atoms with Gasteiger partial charge < -0.3 is 10.4 Å². The van der Waals surface area contributed by atoms with E-state index in [2.05, 4.69) is 21.2 Å². The van der Waals surface area contributed by atoms with Gasteiger partial charge in [0.25, 0.3) is 0 Å². The molecular formula is C17H15BrFNO2. The maximum absolute atomic E-state index is 12.9. The van der Waals surface area contributed by atoms with Crippen LogP contribution in [-0.4, -0.2) is 17.1 Å². The molecule has 0 radical (unpaired) electrons. The molecule has 1 aliphatic carbocycles. The molecule has 0 bridgehead atoms. The fourth-order valence-electron chi connectivity index (χ4n) is 2.85. The SMILES string of the molecule is O=C(Nc1ccc(F)cc1)[C@]1(c2ccc(Br)cc2)C[C@H](O)C1. The van der Waals surface area contributed by atoms with Crippen LogP contribution in [0, 0.1) is 5.82 Å². The van der Waals surface area contributed by atoms with Crippen molar-refractivity contribution < 1.29 is 14.3 Å². The Kier molecular flexibility index (Phi) is 4.02. The Morgan fingerprint density at radius 3 is 2.27 bits per heavy atom. The number of aliphatic hydroxyl groups is 1. The second-order valence-corrected chi connectivity index (χ2v) is 6.53. The fraction of sp³-hybridized carbons (Fsp3) is 0.235. The molecule has 2 aromatic rings. The van der Waals surface area contributed by atoms with E-state index < -0.39 is 11.5 Å². The lowest BCUT2D eigenvalue weighted by atomic mass is 9.62. The molecule has 0 unspecified atom stereocenters. The van der Waals surface area contributed by atoms with Gasteiger partial charge in [0.15, 0.2) is 0 Å². The average Bonchev–Trinajstić information content (AvgIpc) is 2.47. The Balaban J connectivity index is 1.85. The molecule has 1 aliphatic rings. The van der Waals surface area contributed by atoms with Gasteiger partial charge in [-0.25, -0.2) is 4.39 Å². The molecule has 0 atom stereocenters. The third-order valence-electron chi connectivity index (χ3n) is 4.10. The molecular weight excluding hydrogens is 349 g/mol. The first-order valence-corrected chi connectivity index (χ1v) is 7.80. The monoisotopic (exact) mass is 363 g/mol. The summed E-state index contributed by atoms with van der Waals surface area (Å²) in [7, 11) is 0. The number of aliphatic hydroxyl groups excluding tert-OH is 1. The van der Waals surface area contributed by atoms with Crippen LogP contribution in [0.25, 0.3) is 0 Å². The van der Waals surface area contributed by atoms with Crippen molar-refractivity contribution in [2.75, 3.05) is 5.32 Å². The predicted octanol–water partition coefficient (Wildman–Crippen LogP) is 3.62. The number of nitrogens with one attached hydrogen (secondary N) is 1. The normalized spacial score (nSPS) is 23.7. The van der Waals surface area contributed by atoms with E-state index in [0.29, 0.717) is 18.5 Å². The van der Waals surface area contributed by atoms with E-state index in [1.54, 1.807) is 0 Å². The van der Waals surface area contributed by atoms with Gasteiger partial charge in [-0.1, -0.05) is 28.1 Å². The number of halogens is 2. The van der Waals surface area contributed by atoms with Gasteiger partial charge in [-0.2, -0.15) is 0 Å². The van der Waals surface area contributed by atoms with Crippen LogP contribution >= 0.6 is 15.9 Å². The third-order valence-corrected chi connectivity index (χ3v) is 4.63. The van der Waals surface area contributed by atoms with Crippen molar-refractivity contribution in [3.05, 3.63) is 64.4 Å². The first-order chi connectivity index (χ1) is 10.5. The van der Waals surface area contributed by atoms with Crippen molar-refractivity contribution in [2.24, 2.45) is 0 Å². The van der Waals surface area contributed by atoms with Crippen molar-refractivity contribution in [2.45, 2.75) is 24.4 Å². The number of hydrogen-bond acceptors (Lipinski definition) is 2. The predicted molar refractivity (Wildman–Crippen MR) is 86.1 cm³/mol. The molecule has 5 heteroatoms. The Morgan fingerprint density at radius 2 is 1.73 bits per heavy atom. The third kappa shape index (κ3) is 2.78. The summed E-state index contributed by atoms with van der Waals surface area (Å²) in [4.78, 5) is 12.7. The largest absolute Gasteiger partial charge is 0.393 e. The molecule has 114 valence electrons. The second kappa shape index (κ2) is 5.82. The first-order valence-electron chi connectivity index (χ1n) is 7.01. The summed E-state index contributed by atoms with van der Waals surface area (Å²) in [5.41, 5.74) is 0.694. The lowest BCUT2D eigenvalue weighted by Gasteiger charge is -2.44. The number of hydrogen-bond donors (Lipinski definition) is 2. The van der Waals surface area contributed by atoms with Crippen molar-refractivity contribution in [1.29, 1.82) is 0 Å². The van der Waals surface area contributed by atoms with E-state index in [0.717, 1.165) is 10.0 Å². The molecule has 1 fully saturated rings. The van der Waals surface area contributed by atoms with Gasteiger partial charge in [0, 0.05) is 10.2 Å². The van der Waals surface area contributed by atoms with Crippen molar-refractivity contribution in [1.82, 2.24) is 0 Å². The van der Waals surface area contributed by atoms with Crippen LogP contribution in [0.15, 0.2) is 53.0 Å². The highest BCUT2D eigenvalue weighted by atomic mass is 79.9. The quantitative estimate of drug-likeness (QED) is 0.874. The molecule has 0 aliphatic heterocycles. The van der Waals surface area contributed by atoms with E-state index in [-0.39, 0.29) is 11.7 Å². The Morgan fingerprint density at radius 1 is 1.14 bits per heavy atom. The van der Waals surface area contributed by atoms with Gasteiger partial charge in [-0.15, -0.1) is 0 Å². The van der Waals surface area contributed by atoms with Crippen LogP contribution in [0.4, 0.5) is 10.1 Å². The highest BCUT2D eigenvalue weighted by Gasteiger charge is 2.50. The summed E-state index contributed by atoms with van der Waals surface area (Å²) < 4.78 is 13.9. The number of rotatable bonds is 3. The van der Waals surface area contributed by atoms with Crippen molar-refractivity contribution >= 4 is 27.5 Å². The summed E-state index contributed by atoms with van der Waals surface area (Å²) >= 11 is 3.38. The van der Waals surface area contributed by atoms with Gasteiger partial charge >= 0.3 is 0 Å². The maximum Gasteiger partial charge on any atom is 0.235 e. The molecule has 2 N–H and O–H groups in total. The molecule has 0 saturated heterocycles. The summed E-state index contributed by atoms with van der Waals surface area (Å²) in [5.74, 6) is -0.522. The molecule has 0 spiro atoms. The summed E-state index contributed by atoms with van der Waals surface area (Å²) in [5, 5.41) is 12.5. The number of amides is 1. The zero-order valence-corrected chi connectivity index (χ0v) is 13.3. The lowest BCUT2D eigenvalue weighted by Crippen LogP contribution is -2.53. The molecule has 0 aromatic heterocycles. The Hall–Kier alpha value is -1.72. The maximum atomic E-state index is 12.9. The molecule has 3 nitrogen and oxygen atoms in total. The van der Waals surface area contributed by atoms with Crippen LogP contribution in [0.5, 0.6) is 0 Å². The molecule has 1 saturated carbocycles. The molecule has 3 rings (SSSR count). The van der Waals surface area contributed by atoms with Gasteiger partial charge in [-0.05, 0) is 54.8 Å². The number of carbonyl (C=O) groups is 1. The Bertz CT molecular complexity index is 679. The van der Waals surface area contributed by atoms with Gasteiger partial charge in [-0.3, -0.25) is 4.79 Å². The second-order valence-electron chi connectivity index (χ2n) is 5.61. The van der Waals surface area contributed by atoms with E-state index in [1.807, 2.05) is 24.3 Å². The van der Waals surface area contributed by atoms with E-state index in [1.165, 1.54) is 24.3 Å². The van der Waals surface area contributed by atoms with Crippen LogP contribution < -0.4 is 5.32 Å². The number of benzene rings is 2. The zero-order chi connectivity index (χ0) is 15.7. The van der Waals surface area contributed by atoms with Gasteiger partial charge in [0.1, 0.15) is 5.82 Å². The molecule has 22 heavy (non-hydrogen) atoms. The van der Waals surface area contributed by atoms with Crippen LogP contribution in [0.1, 0.15) is 18.4 Å². The Labute approximate surface area is 136 Å². The lowest BCUT2D eigenvalue weighted by molar-refractivity contribution is -0.129. The van der Waals surface area contributed by atoms with E-state index in [9.17, 15) is 14.3 Å². The fourth-order valence-corrected chi connectivity index (χ4v) is 3.11. The number of anilines is 1. The summed E-state index contributed by atoms with van der Waals surface area (Å²) in [6.07, 6.45) is 0.311. The molecule has 2 aromatic carbocycles. The molecule has 0 heterocycles. The van der Waals surface area contributed by atoms with Crippen molar-refractivity contribution in [3.63, 3.8) is 0 Å². The zero-order valence-electron chi connectivity index (χ0n) is 11.7. The van der Waals surface area contributed by atoms with Crippen molar-refractivity contribution in [3.8, 4) is 0 Å². The number of carbonyl (C=O) groups excluding carboxylic acids is 1. The first kappa shape index (κ1) is 15.2. The summed E-state index contributed by atoms with van der Waals surface area (Å²) in [6.45, 7) is 0. The van der Waals surface area contributed by atoms with Gasteiger partial charge in [0.2, 0.25) is 5.91 Å². The minimum Gasteiger partial charge on any atom is -0.393 e. The van der Waals surface area contributed by atoms with E-state index >= 15 is 0 Å². The molecule has 1 amide bonds. The van der Waals surface area contributed by atoms with Crippen LogP contribution in [0.2, 0.25) is 0 Å². The minimum absolute atomic E-state index is 0.174. The summed E-state index contributed by atoms with van der Waals surface area (Å²) in [6, 6.07) is 13.2. The highest BCUT2D eigenvalue weighted by Crippen LogP contribution is 2.45.